The molecule has 1 spiro atoms. The Morgan fingerprint density at radius 2 is 1.12 bits per heavy atom. The molecule has 0 atom stereocenters. The van der Waals surface area contributed by atoms with Crippen LogP contribution in [0.4, 0.5) is 28.4 Å². The largest absolute Gasteiger partial charge is 0.310 e. The van der Waals surface area contributed by atoms with Crippen LogP contribution in [0, 0.1) is 6.92 Å². The van der Waals surface area contributed by atoms with Gasteiger partial charge in [0.15, 0.2) is 0 Å². The van der Waals surface area contributed by atoms with E-state index in [2.05, 4.69) is 142 Å². The van der Waals surface area contributed by atoms with Crippen LogP contribution in [-0.2, 0) is 16.6 Å². The predicted molar refractivity (Wildman–Crippen MR) is 181 cm³/mol. The minimum absolute atomic E-state index is 0.0486. The lowest BCUT2D eigenvalue weighted by Gasteiger charge is -2.50. The van der Waals surface area contributed by atoms with E-state index < -0.39 is 5.41 Å². The Balaban J connectivity index is 1.43. The number of aryl methyl sites for hydroxylation is 1. The topological polar surface area (TPSA) is 23.6 Å². The highest BCUT2D eigenvalue weighted by Gasteiger charge is 2.52. The van der Waals surface area contributed by atoms with Crippen molar-refractivity contribution in [3.63, 3.8) is 0 Å². The first kappa shape index (κ1) is 26.2. The maximum atomic E-state index is 14.3. The molecule has 208 valence electrons. The molecule has 0 saturated heterocycles. The van der Waals surface area contributed by atoms with E-state index in [1.807, 2.05) is 22.4 Å². The van der Waals surface area contributed by atoms with Gasteiger partial charge in [-0.25, -0.2) is 0 Å². The molecule has 3 nitrogen and oxygen atoms in total. The number of carbonyl (C=O) groups is 1. The molecule has 5 heteroatoms. The van der Waals surface area contributed by atoms with Crippen LogP contribution in [0.2, 0.25) is 0 Å². The summed E-state index contributed by atoms with van der Waals surface area (Å²) in [6.45, 7) is 2.12. The number of para-hydroxylation sites is 4. The fourth-order valence-corrected chi connectivity index (χ4v) is 8.43. The van der Waals surface area contributed by atoms with E-state index in [0.29, 0.717) is 6.42 Å². The van der Waals surface area contributed by atoms with Gasteiger partial charge in [0.1, 0.15) is 0 Å². The standard InChI is InChI=1S/C38H27BrN2OS/c1-25-18-20-27(21-19-25)40-33-14-6-2-10-28(33)38(29-11-3-7-15-34(29)40)30-12-4-8-16-35(30)41(36-17-9-5-13-31(36)38)37(42)22-26-23-43-24-32(26)39/h2-21,23-24H,22H2,1H3. The van der Waals surface area contributed by atoms with Crippen molar-refractivity contribution in [2.45, 2.75) is 18.8 Å². The van der Waals surface area contributed by atoms with Crippen molar-refractivity contribution in [2.75, 3.05) is 9.80 Å². The molecule has 8 rings (SSSR count). The van der Waals surface area contributed by atoms with Crippen molar-refractivity contribution in [3.05, 3.63) is 170 Å². The van der Waals surface area contributed by atoms with Crippen LogP contribution in [0.15, 0.2) is 137 Å². The molecule has 0 unspecified atom stereocenters. The Bertz CT molecular complexity index is 1930. The summed E-state index contributed by atoms with van der Waals surface area (Å²) in [7, 11) is 0. The molecular weight excluding hydrogens is 612 g/mol. The number of hydrogen-bond donors (Lipinski definition) is 0. The van der Waals surface area contributed by atoms with Gasteiger partial charge in [-0.05, 0) is 92.4 Å². The summed E-state index contributed by atoms with van der Waals surface area (Å²) in [5, 5.41) is 4.09. The fourth-order valence-electron chi connectivity index (χ4n) is 6.99. The second kappa shape index (κ2) is 10.1. The lowest BCUT2D eigenvalue weighted by atomic mass is 9.60. The number of benzene rings is 5. The van der Waals surface area contributed by atoms with E-state index in [1.54, 1.807) is 11.3 Å². The number of rotatable bonds is 3. The number of thiophene rings is 1. The molecular formula is C38H27BrN2OS. The molecule has 2 aliphatic rings. The first-order valence-electron chi connectivity index (χ1n) is 14.4. The molecule has 0 bridgehead atoms. The number of nitrogens with zero attached hydrogens (tertiary/aromatic N) is 2. The summed E-state index contributed by atoms with van der Waals surface area (Å²) in [5.41, 5.74) is 11.5. The monoisotopic (exact) mass is 638 g/mol. The summed E-state index contributed by atoms with van der Waals surface area (Å²) < 4.78 is 0.979. The molecule has 0 saturated carbocycles. The molecule has 0 N–H and O–H groups in total. The van der Waals surface area contributed by atoms with E-state index in [9.17, 15) is 4.79 Å². The first-order valence-corrected chi connectivity index (χ1v) is 16.1. The van der Waals surface area contributed by atoms with Gasteiger partial charge in [-0.1, -0.05) is 90.5 Å². The van der Waals surface area contributed by atoms with E-state index in [0.717, 1.165) is 49.6 Å². The van der Waals surface area contributed by atoms with Crippen LogP contribution in [0.3, 0.4) is 0 Å². The van der Waals surface area contributed by atoms with Crippen molar-refractivity contribution in [3.8, 4) is 0 Å². The van der Waals surface area contributed by atoms with E-state index in [1.165, 1.54) is 16.7 Å². The second-order valence-corrected chi connectivity index (χ2v) is 12.7. The van der Waals surface area contributed by atoms with Gasteiger partial charge in [-0.2, -0.15) is 11.3 Å². The average molecular weight is 640 g/mol. The lowest BCUT2D eigenvalue weighted by molar-refractivity contribution is -0.117. The van der Waals surface area contributed by atoms with Crippen LogP contribution < -0.4 is 9.80 Å². The number of halogens is 1. The van der Waals surface area contributed by atoms with Crippen LogP contribution in [-0.4, -0.2) is 5.91 Å². The van der Waals surface area contributed by atoms with Gasteiger partial charge in [0.05, 0.1) is 34.6 Å². The molecule has 5 aromatic carbocycles. The molecule has 43 heavy (non-hydrogen) atoms. The van der Waals surface area contributed by atoms with Crippen molar-refractivity contribution in [1.29, 1.82) is 0 Å². The Kier molecular flexibility index (Phi) is 6.14. The summed E-state index contributed by atoms with van der Waals surface area (Å²) in [5.74, 6) is 0.0486. The van der Waals surface area contributed by atoms with Gasteiger partial charge < -0.3 is 4.90 Å². The molecule has 0 radical (unpaired) electrons. The highest BCUT2D eigenvalue weighted by Crippen LogP contribution is 2.62. The minimum atomic E-state index is -0.624. The Labute approximate surface area is 263 Å². The van der Waals surface area contributed by atoms with E-state index >= 15 is 0 Å². The SMILES string of the molecule is Cc1ccc(N2c3ccccc3C3(c4ccccc4N(C(=O)Cc4cscc4Br)c4ccccc43)c3ccccc32)cc1. The zero-order valence-corrected chi connectivity index (χ0v) is 25.9. The number of carbonyl (C=O) groups excluding carboxylic acids is 1. The molecule has 1 aromatic heterocycles. The molecule has 6 aromatic rings. The van der Waals surface area contributed by atoms with Crippen molar-refractivity contribution in [1.82, 2.24) is 0 Å². The number of amides is 1. The third-order valence-corrected chi connectivity index (χ3v) is 10.6. The third-order valence-electron chi connectivity index (χ3n) is 8.77. The van der Waals surface area contributed by atoms with E-state index in [4.69, 9.17) is 0 Å². The van der Waals surface area contributed by atoms with Crippen molar-refractivity contribution >= 4 is 61.6 Å². The highest BCUT2D eigenvalue weighted by atomic mass is 79.9. The normalized spacial score (nSPS) is 14.1. The lowest BCUT2D eigenvalue weighted by Crippen LogP contribution is -2.44. The maximum Gasteiger partial charge on any atom is 0.236 e. The fraction of sp³-hybridized carbons (Fsp3) is 0.0789. The Morgan fingerprint density at radius 1 is 0.651 bits per heavy atom. The van der Waals surface area contributed by atoms with Gasteiger partial charge in [-0.3, -0.25) is 9.69 Å². The molecule has 1 amide bonds. The van der Waals surface area contributed by atoms with Crippen LogP contribution in [0.5, 0.6) is 0 Å². The zero-order valence-electron chi connectivity index (χ0n) is 23.5. The summed E-state index contributed by atoms with van der Waals surface area (Å²) in [6, 6.07) is 43.2. The van der Waals surface area contributed by atoms with Gasteiger partial charge in [0.2, 0.25) is 5.91 Å². The zero-order chi connectivity index (χ0) is 29.1. The van der Waals surface area contributed by atoms with Crippen LogP contribution in [0.25, 0.3) is 0 Å². The quantitative estimate of drug-likeness (QED) is 0.192. The predicted octanol–water partition coefficient (Wildman–Crippen LogP) is 10.2. The Hall–Kier alpha value is -4.45. The second-order valence-electron chi connectivity index (χ2n) is 11.1. The third kappa shape index (κ3) is 3.81. The van der Waals surface area contributed by atoms with Gasteiger partial charge in [-0.15, -0.1) is 0 Å². The van der Waals surface area contributed by atoms with Gasteiger partial charge >= 0.3 is 0 Å². The molecule has 0 fully saturated rings. The smallest absolute Gasteiger partial charge is 0.236 e. The van der Waals surface area contributed by atoms with Crippen LogP contribution in [0.1, 0.15) is 33.4 Å². The maximum absolute atomic E-state index is 14.3. The van der Waals surface area contributed by atoms with Gasteiger partial charge in [0.25, 0.3) is 0 Å². The number of fused-ring (bicyclic) bond motifs is 8. The summed E-state index contributed by atoms with van der Waals surface area (Å²) in [4.78, 5) is 18.6. The average Bonchev–Trinajstić information content (AvgIpc) is 3.45. The molecule has 3 heterocycles. The number of hydrogen-bond acceptors (Lipinski definition) is 3. The van der Waals surface area contributed by atoms with Crippen molar-refractivity contribution < 1.29 is 4.79 Å². The summed E-state index contributed by atoms with van der Waals surface area (Å²) in [6.07, 6.45) is 0.314. The summed E-state index contributed by atoms with van der Waals surface area (Å²) >= 11 is 5.24. The molecule has 2 aliphatic heterocycles. The van der Waals surface area contributed by atoms with Crippen LogP contribution >= 0.6 is 27.3 Å². The highest BCUT2D eigenvalue weighted by molar-refractivity contribution is 9.10. The Morgan fingerprint density at radius 3 is 1.60 bits per heavy atom. The molecule has 0 aliphatic carbocycles. The number of anilines is 5. The van der Waals surface area contributed by atoms with Crippen molar-refractivity contribution in [2.24, 2.45) is 0 Å². The van der Waals surface area contributed by atoms with Gasteiger partial charge in [0, 0.05) is 15.5 Å². The first-order chi connectivity index (χ1) is 21.1. The minimum Gasteiger partial charge on any atom is -0.310 e. The van der Waals surface area contributed by atoms with E-state index in [-0.39, 0.29) is 5.91 Å².